The van der Waals surface area contributed by atoms with Gasteiger partial charge >= 0.3 is 5.97 Å². The van der Waals surface area contributed by atoms with E-state index in [0.29, 0.717) is 26.1 Å². The number of guanidine groups is 1. The first-order valence-corrected chi connectivity index (χ1v) is 7.48. The van der Waals surface area contributed by atoms with Gasteiger partial charge in [0.25, 0.3) is 0 Å². The summed E-state index contributed by atoms with van der Waals surface area (Å²) in [6, 6.07) is 0. The largest absolute Gasteiger partial charge is 0.466 e. The molecule has 116 valence electrons. The zero-order chi connectivity index (χ0) is 14.8. The normalized spacial score (nSPS) is 19.9. The van der Waals surface area contributed by atoms with Crippen molar-refractivity contribution in [3.63, 3.8) is 0 Å². The third-order valence-electron chi connectivity index (χ3n) is 3.23. The lowest BCUT2D eigenvalue weighted by atomic mass is 9.98. The molecule has 1 heterocycles. The Balaban J connectivity index is 2.61. The van der Waals surface area contributed by atoms with Crippen molar-refractivity contribution < 1.29 is 13.9 Å². The zero-order valence-electron chi connectivity index (χ0n) is 12.5. The van der Waals surface area contributed by atoms with Crippen LogP contribution < -0.4 is 5.32 Å². The highest BCUT2D eigenvalue weighted by molar-refractivity contribution is 5.81. The predicted molar refractivity (Wildman–Crippen MR) is 77.5 cm³/mol. The molecule has 0 amide bonds. The first kappa shape index (κ1) is 16.7. The van der Waals surface area contributed by atoms with Crippen LogP contribution in [0.1, 0.15) is 33.1 Å². The summed E-state index contributed by atoms with van der Waals surface area (Å²) in [5.74, 6) is 0.556. The van der Waals surface area contributed by atoms with E-state index in [1.807, 2.05) is 13.8 Å². The van der Waals surface area contributed by atoms with Gasteiger partial charge in [-0.2, -0.15) is 0 Å². The van der Waals surface area contributed by atoms with Gasteiger partial charge in [-0.05, 0) is 33.1 Å². The van der Waals surface area contributed by atoms with E-state index in [1.165, 1.54) is 0 Å². The Bertz CT molecular complexity index is 324. The van der Waals surface area contributed by atoms with Crippen LogP contribution in [0.5, 0.6) is 0 Å². The van der Waals surface area contributed by atoms with Gasteiger partial charge in [0.2, 0.25) is 0 Å². The number of hydrogen-bond acceptors (Lipinski definition) is 3. The molecule has 0 aromatic rings. The molecule has 0 aromatic heterocycles. The summed E-state index contributed by atoms with van der Waals surface area (Å²) in [6.07, 6.45) is 2.24. The highest BCUT2D eigenvalue weighted by Gasteiger charge is 2.28. The molecule has 0 aliphatic carbocycles. The number of alkyl halides is 1. The van der Waals surface area contributed by atoms with E-state index < -0.39 is 0 Å². The lowest BCUT2D eigenvalue weighted by Gasteiger charge is -2.34. The number of aliphatic imine (C=N–C) groups is 1. The number of rotatable bonds is 6. The van der Waals surface area contributed by atoms with E-state index in [0.717, 1.165) is 31.9 Å². The van der Waals surface area contributed by atoms with Crippen molar-refractivity contribution in [2.75, 3.05) is 39.5 Å². The Labute approximate surface area is 120 Å². The van der Waals surface area contributed by atoms with Crippen LogP contribution in [0, 0.1) is 5.92 Å². The van der Waals surface area contributed by atoms with E-state index in [1.54, 1.807) is 0 Å². The van der Waals surface area contributed by atoms with Crippen molar-refractivity contribution in [3.05, 3.63) is 0 Å². The first-order chi connectivity index (χ1) is 9.72. The topological polar surface area (TPSA) is 53.9 Å². The molecule has 1 fully saturated rings. The van der Waals surface area contributed by atoms with E-state index in [2.05, 4.69) is 15.2 Å². The maximum atomic E-state index is 12.2. The van der Waals surface area contributed by atoms with E-state index >= 15 is 0 Å². The van der Waals surface area contributed by atoms with Gasteiger partial charge in [-0.1, -0.05) is 0 Å². The molecule has 1 aliphatic heterocycles. The summed E-state index contributed by atoms with van der Waals surface area (Å²) >= 11 is 0. The number of halogens is 1. The van der Waals surface area contributed by atoms with Gasteiger partial charge in [-0.25, -0.2) is 0 Å². The first-order valence-electron chi connectivity index (χ1n) is 7.48. The highest BCUT2D eigenvalue weighted by Crippen LogP contribution is 2.18. The van der Waals surface area contributed by atoms with Crippen molar-refractivity contribution in [1.82, 2.24) is 10.2 Å². The number of hydrogen-bond donors (Lipinski definition) is 1. The molecule has 0 radical (unpaired) electrons. The molecule has 1 N–H and O–H groups in total. The number of ether oxygens (including phenoxy) is 1. The minimum atomic E-state index is -0.353. The van der Waals surface area contributed by atoms with Gasteiger partial charge in [-0.15, -0.1) is 0 Å². The van der Waals surface area contributed by atoms with Crippen LogP contribution in [0.2, 0.25) is 0 Å². The average Bonchev–Trinajstić information content (AvgIpc) is 2.47. The molecule has 0 unspecified atom stereocenters. The molecule has 1 saturated heterocycles. The predicted octanol–water partition coefficient (Wildman–Crippen LogP) is 1.59. The third kappa shape index (κ3) is 5.35. The van der Waals surface area contributed by atoms with Crippen LogP contribution in [-0.4, -0.2) is 56.3 Å². The molecule has 1 aliphatic rings. The third-order valence-corrected chi connectivity index (χ3v) is 3.23. The van der Waals surface area contributed by atoms with Crippen molar-refractivity contribution in [2.24, 2.45) is 10.9 Å². The van der Waals surface area contributed by atoms with Gasteiger partial charge in [0, 0.05) is 26.2 Å². The number of esters is 1. The summed E-state index contributed by atoms with van der Waals surface area (Å²) in [6.45, 7) is 6.61. The van der Waals surface area contributed by atoms with Crippen molar-refractivity contribution >= 4 is 11.9 Å². The zero-order valence-corrected chi connectivity index (χ0v) is 12.5. The van der Waals surface area contributed by atoms with Crippen LogP contribution in [0.15, 0.2) is 4.99 Å². The second-order valence-corrected chi connectivity index (χ2v) is 4.82. The molecule has 20 heavy (non-hydrogen) atoms. The fourth-order valence-corrected chi connectivity index (χ4v) is 2.29. The molecule has 6 heteroatoms. The quantitative estimate of drug-likeness (QED) is 0.349. The number of likely N-dealkylation sites (tertiary alicyclic amines) is 1. The smallest absolute Gasteiger partial charge is 0.310 e. The standard InChI is InChI=1S/C14H26FN3O2/c1-3-16-14(17-9-6-8-15)18-10-5-7-12(11-18)13(19)20-4-2/h12H,3-11H2,1-2H3,(H,16,17)/t12-/m0/s1. The molecule has 5 nitrogen and oxygen atoms in total. The van der Waals surface area contributed by atoms with Crippen LogP contribution in [0.25, 0.3) is 0 Å². The van der Waals surface area contributed by atoms with E-state index in [-0.39, 0.29) is 18.6 Å². The maximum Gasteiger partial charge on any atom is 0.310 e. The molecule has 0 bridgehead atoms. The highest BCUT2D eigenvalue weighted by atomic mass is 19.1. The van der Waals surface area contributed by atoms with Crippen molar-refractivity contribution in [3.8, 4) is 0 Å². The Morgan fingerprint density at radius 2 is 2.30 bits per heavy atom. The molecule has 1 rings (SSSR count). The average molecular weight is 287 g/mol. The lowest BCUT2D eigenvalue weighted by Crippen LogP contribution is -2.48. The molecule has 0 spiro atoms. The second kappa shape index (κ2) is 9.55. The SMILES string of the molecule is CCNC(=NCCCF)N1CCC[C@H](C(=O)OCC)C1. The van der Waals surface area contributed by atoms with Gasteiger partial charge < -0.3 is 15.0 Å². The lowest BCUT2D eigenvalue weighted by molar-refractivity contribution is -0.149. The number of carbonyl (C=O) groups is 1. The Hall–Kier alpha value is -1.33. The summed E-state index contributed by atoms with van der Waals surface area (Å²) in [7, 11) is 0. The van der Waals surface area contributed by atoms with Crippen molar-refractivity contribution in [1.29, 1.82) is 0 Å². The number of piperidine rings is 1. The molecular weight excluding hydrogens is 261 g/mol. The van der Waals surface area contributed by atoms with E-state index in [4.69, 9.17) is 4.74 Å². The number of nitrogens with zero attached hydrogens (tertiary/aromatic N) is 2. The van der Waals surface area contributed by atoms with Crippen LogP contribution >= 0.6 is 0 Å². The molecule has 1 atom stereocenters. The fraction of sp³-hybridized carbons (Fsp3) is 0.857. The van der Waals surface area contributed by atoms with Gasteiger partial charge in [0.05, 0.1) is 19.2 Å². The Morgan fingerprint density at radius 1 is 1.50 bits per heavy atom. The van der Waals surface area contributed by atoms with Crippen LogP contribution in [0.4, 0.5) is 4.39 Å². The molecule has 0 saturated carbocycles. The molecule has 0 aromatic carbocycles. The number of carbonyl (C=O) groups excluding carboxylic acids is 1. The number of nitrogens with one attached hydrogen (secondary N) is 1. The van der Waals surface area contributed by atoms with Gasteiger partial charge in [0.15, 0.2) is 5.96 Å². The van der Waals surface area contributed by atoms with E-state index in [9.17, 15) is 9.18 Å². The van der Waals surface area contributed by atoms with Crippen LogP contribution in [-0.2, 0) is 9.53 Å². The minimum Gasteiger partial charge on any atom is -0.466 e. The Kier molecular flexibility index (Phi) is 7.99. The minimum absolute atomic E-state index is 0.0891. The fourth-order valence-electron chi connectivity index (χ4n) is 2.29. The van der Waals surface area contributed by atoms with Gasteiger partial charge in [-0.3, -0.25) is 14.2 Å². The summed E-state index contributed by atoms with van der Waals surface area (Å²) in [5.41, 5.74) is 0. The second-order valence-electron chi connectivity index (χ2n) is 4.82. The Morgan fingerprint density at radius 3 is 2.95 bits per heavy atom. The summed E-state index contributed by atoms with van der Waals surface area (Å²) in [5, 5.41) is 3.20. The van der Waals surface area contributed by atoms with Crippen molar-refractivity contribution in [2.45, 2.75) is 33.1 Å². The van der Waals surface area contributed by atoms with Gasteiger partial charge in [0.1, 0.15) is 0 Å². The van der Waals surface area contributed by atoms with Crippen LogP contribution in [0.3, 0.4) is 0 Å². The maximum absolute atomic E-state index is 12.2. The molecular formula is C14H26FN3O2. The summed E-state index contributed by atoms with van der Waals surface area (Å²) in [4.78, 5) is 18.3. The summed E-state index contributed by atoms with van der Waals surface area (Å²) < 4.78 is 17.3. The monoisotopic (exact) mass is 287 g/mol.